The van der Waals surface area contributed by atoms with E-state index in [2.05, 4.69) is 5.32 Å². The van der Waals surface area contributed by atoms with Crippen LogP contribution in [0, 0.1) is 5.92 Å². The third kappa shape index (κ3) is 2.42. The molecule has 0 bridgehead atoms. The largest absolute Gasteiger partial charge is 0.468 e. The van der Waals surface area contributed by atoms with Gasteiger partial charge in [0, 0.05) is 6.42 Å². The minimum atomic E-state index is 0.125. The molecule has 1 heterocycles. The highest BCUT2D eigenvalue weighted by molar-refractivity contribution is 5.49. The van der Waals surface area contributed by atoms with Crippen LogP contribution in [0.2, 0.25) is 0 Å². The summed E-state index contributed by atoms with van der Waals surface area (Å²) >= 11 is 0. The van der Waals surface area contributed by atoms with Crippen LogP contribution in [-0.4, -0.2) is 13.3 Å². The summed E-state index contributed by atoms with van der Waals surface area (Å²) in [6, 6.07) is 3.90. The highest BCUT2D eigenvalue weighted by Gasteiger charge is 2.18. The summed E-state index contributed by atoms with van der Waals surface area (Å²) in [4.78, 5) is 10.3. The van der Waals surface area contributed by atoms with E-state index in [4.69, 9.17) is 4.42 Å². The second-order valence-electron chi connectivity index (χ2n) is 3.16. The van der Waals surface area contributed by atoms with Gasteiger partial charge in [0.1, 0.15) is 12.0 Å². The van der Waals surface area contributed by atoms with Crippen LogP contribution >= 0.6 is 0 Å². The number of nitrogens with one attached hydrogen (secondary N) is 1. The van der Waals surface area contributed by atoms with Crippen molar-refractivity contribution in [1.82, 2.24) is 5.32 Å². The van der Waals surface area contributed by atoms with Gasteiger partial charge < -0.3 is 14.5 Å². The highest BCUT2D eigenvalue weighted by Crippen LogP contribution is 2.23. The monoisotopic (exact) mass is 181 g/mol. The summed E-state index contributed by atoms with van der Waals surface area (Å²) in [5.74, 6) is 1.14. The number of hydrogen-bond acceptors (Lipinski definition) is 3. The Hall–Kier alpha value is -1.09. The highest BCUT2D eigenvalue weighted by atomic mass is 16.3. The van der Waals surface area contributed by atoms with Gasteiger partial charge in [0.2, 0.25) is 0 Å². The maximum absolute atomic E-state index is 10.3. The fourth-order valence-corrected chi connectivity index (χ4v) is 1.46. The molecule has 2 atom stereocenters. The number of furan rings is 1. The van der Waals surface area contributed by atoms with Crippen LogP contribution in [0.1, 0.15) is 25.1 Å². The van der Waals surface area contributed by atoms with Crippen molar-refractivity contribution in [1.29, 1.82) is 0 Å². The summed E-state index contributed by atoms with van der Waals surface area (Å²) in [5, 5.41) is 3.14. The first-order valence-electron chi connectivity index (χ1n) is 4.44. The molecule has 1 aromatic heterocycles. The van der Waals surface area contributed by atoms with Gasteiger partial charge in [-0.25, -0.2) is 0 Å². The molecule has 0 unspecified atom stereocenters. The Kier molecular flexibility index (Phi) is 3.71. The van der Waals surface area contributed by atoms with E-state index >= 15 is 0 Å². The van der Waals surface area contributed by atoms with Gasteiger partial charge in [-0.05, 0) is 25.1 Å². The van der Waals surface area contributed by atoms with Crippen LogP contribution in [0.5, 0.6) is 0 Å². The number of aldehydes is 1. The number of hydrogen-bond donors (Lipinski definition) is 1. The van der Waals surface area contributed by atoms with Crippen molar-refractivity contribution in [2.24, 2.45) is 5.92 Å². The predicted octanol–water partition coefficient (Wildman–Crippen LogP) is 1.77. The molecule has 1 aromatic rings. The Morgan fingerprint density at radius 2 is 2.46 bits per heavy atom. The van der Waals surface area contributed by atoms with E-state index in [9.17, 15) is 4.79 Å². The average molecular weight is 181 g/mol. The normalized spacial score (nSPS) is 15.2. The zero-order valence-electron chi connectivity index (χ0n) is 7.99. The van der Waals surface area contributed by atoms with Crippen molar-refractivity contribution >= 4 is 6.29 Å². The SMILES string of the molecule is CN[C@H](c1ccco1)[C@H](C)CC=O. The molecule has 0 aromatic carbocycles. The van der Waals surface area contributed by atoms with Gasteiger partial charge in [0.05, 0.1) is 12.3 Å². The lowest BCUT2D eigenvalue weighted by molar-refractivity contribution is -0.108. The first-order valence-corrected chi connectivity index (χ1v) is 4.44. The Morgan fingerprint density at radius 3 is 2.92 bits per heavy atom. The standard InChI is InChI=1S/C10H15NO2/c1-8(5-6-12)10(11-2)9-4-3-7-13-9/h3-4,6-8,10-11H,5H2,1-2H3/t8-,10+/m1/s1. The zero-order valence-corrected chi connectivity index (χ0v) is 7.99. The molecule has 0 amide bonds. The van der Waals surface area contributed by atoms with E-state index in [1.54, 1.807) is 6.26 Å². The summed E-state index contributed by atoms with van der Waals surface area (Å²) < 4.78 is 5.28. The molecule has 3 heteroatoms. The van der Waals surface area contributed by atoms with Crippen molar-refractivity contribution in [2.45, 2.75) is 19.4 Å². The summed E-state index contributed by atoms with van der Waals surface area (Å²) in [7, 11) is 1.87. The van der Waals surface area contributed by atoms with Crippen LogP contribution in [-0.2, 0) is 4.79 Å². The van der Waals surface area contributed by atoms with E-state index in [0.717, 1.165) is 12.0 Å². The van der Waals surface area contributed by atoms with Gasteiger partial charge in [-0.3, -0.25) is 0 Å². The minimum absolute atomic E-state index is 0.125. The van der Waals surface area contributed by atoms with Gasteiger partial charge in [-0.15, -0.1) is 0 Å². The average Bonchev–Trinajstić information content (AvgIpc) is 2.59. The molecule has 0 fully saturated rings. The Labute approximate surface area is 78.1 Å². The number of carbonyl (C=O) groups is 1. The Bertz CT molecular complexity index is 243. The van der Waals surface area contributed by atoms with E-state index in [1.807, 2.05) is 26.1 Å². The lowest BCUT2D eigenvalue weighted by Crippen LogP contribution is -2.23. The molecule has 0 aliphatic heterocycles. The van der Waals surface area contributed by atoms with E-state index in [1.165, 1.54) is 0 Å². The fourth-order valence-electron chi connectivity index (χ4n) is 1.46. The van der Waals surface area contributed by atoms with Crippen LogP contribution in [0.3, 0.4) is 0 Å². The molecule has 0 aliphatic carbocycles. The molecule has 1 rings (SSSR count). The summed E-state index contributed by atoms with van der Waals surface area (Å²) in [5.41, 5.74) is 0. The molecule has 0 saturated carbocycles. The van der Waals surface area contributed by atoms with Crippen molar-refractivity contribution < 1.29 is 9.21 Å². The molecule has 0 aliphatic rings. The molecule has 1 N–H and O–H groups in total. The quantitative estimate of drug-likeness (QED) is 0.704. The predicted molar refractivity (Wildman–Crippen MR) is 50.4 cm³/mol. The first-order chi connectivity index (χ1) is 6.29. The lowest BCUT2D eigenvalue weighted by Gasteiger charge is -2.19. The molecule has 0 spiro atoms. The molecule has 13 heavy (non-hydrogen) atoms. The van der Waals surface area contributed by atoms with E-state index in [-0.39, 0.29) is 12.0 Å². The fraction of sp³-hybridized carbons (Fsp3) is 0.500. The summed E-state index contributed by atoms with van der Waals surface area (Å²) in [6.45, 7) is 2.03. The minimum Gasteiger partial charge on any atom is -0.468 e. The van der Waals surface area contributed by atoms with Gasteiger partial charge in [-0.1, -0.05) is 6.92 Å². The summed E-state index contributed by atoms with van der Waals surface area (Å²) in [6.07, 6.45) is 3.14. The van der Waals surface area contributed by atoms with Crippen LogP contribution in [0.4, 0.5) is 0 Å². The third-order valence-electron chi connectivity index (χ3n) is 2.20. The molecule has 72 valence electrons. The van der Waals surface area contributed by atoms with Crippen LogP contribution in [0.25, 0.3) is 0 Å². The Morgan fingerprint density at radius 1 is 1.69 bits per heavy atom. The lowest BCUT2D eigenvalue weighted by atomic mass is 9.97. The van der Waals surface area contributed by atoms with Crippen molar-refractivity contribution in [3.8, 4) is 0 Å². The molecule has 3 nitrogen and oxygen atoms in total. The van der Waals surface area contributed by atoms with Gasteiger partial charge in [-0.2, -0.15) is 0 Å². The topological polar surface area (TPSA) is 42.2 Å². The van der Waals surface area contributed by atoms with Crippen molar-refractivity contribution in [3.05, 3.63) is 24.2 Å². The van der Waals surface area contributed by atoms with Crippen LogP contribution in [0.15, 0.2) is 22.8 Å². The smallest absolute Gasteiger partial charge is 0.120 e. The maximum atomic E-state index is 10.3. The Balaban J connectivity index is 2.67. The number of carbonyl (C=O) groups excluding carboxylic acids is 1. The second kappa shape index (κ2) is 4.82. The number of rotatable bonds is 5. The molecule has 0 saturated heterocycles. The molecular weight excluding hydrogens is 166 g/mol. The molecular formula is C10H15NO2. The molecule has 0 radical (unpaired) electrons. The zero-order chi connectivity index (χ0) is 9.68. The third-order valence-corrected chi connectivity index (χ3v) is 2.20. The first kappa shape index (κ1) is 9.99. The maximum Gasteiger partial charge on any atom is 0.120 e. The van der Waals surface area contributed by atoms with Gasteiger partial charge in [0.25, 0.3) is 0 Å². The van der Waals surface area contributed by atoms with Crippen molar-refractivity contribution in [2.75, 3.05) is 7.05 Å². The van der Waals surface area contributed by atoms with Gasteiger partial charge >= 0.3 is 0 Å². The van der Waals surface area contributed by atoms with E-state index < -0.39 is 0 Å². The van der Waals surface area contributed by atoms with Crippen LogP contribution < -0.4 is 5.32 Å². The van der Waals surface area contributed by atoms with E-state index in [0.29, 0.717) is 6.42 Å². The van der Waals surface area contributed by atoms with Crippen molar-refractivity contribution in [3.63, 3.8) is 0 Å². The second-order valence-corrected chi connectivity index (χ2v) is 3.16. The van der Waals surface area contributed by atoms with Gasteiger partial charge in [0.15, 0.2) is 0 Å².